The Bertz CT molecular complexity index is 470. The lowest BCUT2D eigenvalue weighted by molar-refractivity contribution is 0.746. The molecule has 2 aromatic rings. The Labute approximate surface area is 100 Å². The Hall–Kier alpha value is -1.13. The number of rotatable bonds is 4. The maximum absolute atomic E-state index is 4.47. The molecule has 0 aromatic carbocycles. The van der Waals surface area contributed by atoms with Crippen molar-refractivity contribution in [3.8, 4) is 10.4 Å². The van der Waals surface area contributed by atoms with Crippen molar-refractivity contribution in [1.29, 1.82) is 0 Å². The summed E-state index contributed by atoms with van der Waals surface area (Å²) in [4.78, 5) is 1.32. The van der Waals surface area contributed by atoms with E-state index >= 15 is 0 Å². The van der Waals surface area contributed by atoms with Crippen LogP contribution in [-0.2, 0) is 20.0 Å². The van der Waals surface area contributed by atoms with Crippen LogP contribution in [0.4, 0.5) is 0 Å². The summed E-state index contributed by atoms with van der Waals surface area (Å²) in [6.07, 6.45) is 3.09. The molecule has 0 fully saturated rings. The van der Waals surface area contributed by atoms with Gasteiger partial charge in [-0.3, -0.25) is 4.68 Å². The minimum atomic E-state index is 0.929. The van der Waals surface area contributed by atoms with E-state index < -0.39 is 0 Å². The van der Waals surface area contributed by atoms with Crippen molar-refractivity contribution in [1.82, 2.24) is 15.1 Å². The van der Waals surface area contributed by atoms with Gasteiger partial charge in [-0.2, -0.15) is 5.10 Å². The molecule has 0 saturated carbocycles. The summed E-state index contributed by atoms with van der Waals surface area (Å²) in [5.41, 5.74) is 3.80. The average molecular weight is 235 g/mol. The van der Waals surface area contributed by atoms with Gasteiger partial charge in [-0.05, 0) is 30.5 Å². The molecular weight excluding hydrogens is 218 g/mol. The predicted octanol–water partition coefficient (Wildman–Crippen LogP) is 2.43. The topological polar surface area (TPSA) is 29.9 Å². The van der Waals surface area contributed by atoms with Gasteiger partial charge in [0.05, 0.1) is 5.69 Å². The Balaban J connectivity index is 2.34. The molecule has 0 radical (unpaired) electrons. The lowest BCUT2D eigenvalue weighted by atomic mass is 10.1. The number of nitrogens with zero attached hydrogens (tertiary/aromatic N) is 2. The summed E-state index contributed by atoms with van der Waals surface area (Å²) in [5, 5.41) is 9.84. The van der Waals surface area contributed by atoms with Crippen molar-refractivity contribution in [2.45, 2.75) is 19.9 Å². The molecule has 0 aliphatic heterocycles. The number of hydrogen-bond acceptors (Lipinski definition) is 3. The Morgan fingerprint density at radius 3 is 3.00 bits per heavy atom. The molecule has 86 valence electrons. The lowest BCUT2D eigenvalue weighted by Gasteiger charge is -1.95. The summed E-state index contributed by atoms with van der Waals surface area (Å²) in [6.45, 7) is 3.08. The van der Waals surface area contributed by atoms with Crippen molar-refractivity contribution in [3.05, 3.63) is 28.9 Å². The fraction of sp³-hybridized carbons (Fsp3) is 0.417. The van der Waals surface area contributed by atoms with E-state index in [1.165, 1.54) is 21.7 Å². The predicted molar refractivity (Wildman–Crippen MR) is 68.7 cm³/mol. The summed E-state index contributed by atoms with van der Waals surface area (Å²) >= 11 is 1.79. The third-order valence-electron chi connectivity index (χ3n) is 2.54. The molecule has 2 heterocycles. The van der Waals surface area contributed by atoms with Gasteiger partial charge in [0.2, 0.25) is 0 Å². The van der Waals surface area contributed by atoms with E-state index in [9.17, 15) is 0 Å². The van der Waals surface area contributed by atoms with Crippen LogP contribution in [0.3, 0.4) is 0 Å². The van der Waals surface area contributed by atoms with Crippen LogP contribution in [0.25, 0.3) is 10.4 Å². The Morgan fingerprint density at radius 1 is 1.50 bits per heavy atom. The van der Waals surface area contributed by atoms with Crippen LogP contribution in [0.2, 0.25) is 0 Å². The molecule has 0 aliphatic carbocycles. The normalized spacial score (nSPS) is 10.9. The maximum atomic E-state index is 4.47. The fourth-order valence-electron chi connectivity index (χ4n) is 1.82. The molecule has 1 N–H and O–H groups in total. The summed E-state index contributed by atoms with van der Waals surface area (Å²) in [6, 6.07) is 2.25. The van der Waals surface area contributed by atoms with Crippen LogP contribution >= 0.6 is 11.3 Å². The van der Waals surface area contributed by atoms with E-state index in [1.54, 1.807) is 11.3 Å². The van der Waals surface area contributed by atoms with E-state index in [0.717, 1.165) is 13.0 Å². The largest absolute Gasteiger partial charge is 0.316 e. The van der Waals surface area contributed by atoms with Gasteiger partial charge in [-0.25, -0.2) is 0 Å². The number of aromatic nitrogens is 2. The smallest absolute Gasteiger partial charge is 0.0708 e. The highest BCUT2D eigenvalue weighted by Crippen LogP contribution is 2.29. The zero-order valence-corrected chi connectivity index (χ0v) is 10.8. The number of nitrogens with one attached hydrogen (secondary N) is 1. The highest BCUT2D eigenvalue weighted by molar-refractivity contribution is 7.13. The second-order valence-electron chi connectivity index (χ2n) is 3.87. The molecule has 16 heavy (non-hydrogen) atoms. The van der Waals surface area contributed by atoms with Gasteiger partial charge >= 0.3 is 0 Å². The van der Waals surface area contributed by atoms with E-state index in [4.69, 9.17) is 0 Å². The molecule has 0 bridgehead atoms. The van der Waals surface area contributed by atoms with E-state index in [2.05, 4.69) is 35.0 Å². The zero-order valence-electron chi connectivity index (χ0n) is 9.95. The molecule has 3 nitrogen and oxygen atoms in total. The minimum Gasteiger partial charge on any atom is -0.316 e. The molecule has 0 spiro atoms. The monoisotopic (exact) mass is 235 g/mol. The Kier molecular flexibility index (Phi) is 3.41. The fourth-order valence-corrected chi connectivity index (χ4v) is 2.76. The third-order valence-corrected chi connectivity index (χ3v) is 3.55. The van der Waals surface area contributed by atoms with Gasteiger partial charge < -0.3 is 5.32 Å². The second-order valence-corrected chi connectivity index (χ2v) is 4.78. The van der Waals surface area contributed by atoms with E-state index in [1.807, 2.05) is 18.8 Å². The summed E-state index contributed by atoms with van der Waals surface area (Å²) in [5.74, 6) is 0. The highest BCUT2D eigenvalue weighted by Gasteiger charge is 2.10. The first-order valence-corrected chi connectivity index (χ1v) is 6.37. The standard InChI is InChI=1S/C12H17N3S/c1-4-11-10(7-15(3)14-11)12-5-9(6-13-2)8-16-12/h5,7-8,13H,4,6H2,1-3H3. The van der Waals surface area contributed by atoms with E-state index in [-0.39, 0.29) is 0 Å². The number of hydrogen-bond donors (Lipinski definition) is 1. The van der Waals surface area contributed by atoms with Crippen LogP contribution < -0.4 is 5.32 Å². The van der Waals surface area contributed by atoms with Crippen LogP contribution in [0.1, 0.15) is 18.2 Å². The zero-order chi connectivity index (χ0) is 11.5. The quantitative estimate of drug-likeness (QED) is 0.882. The lowest BCUT2D eigenvalue weighted by Crippen LogP contribution is -2.03. The van der Waals surface area contributed by atoms with Crippen LogP contribution in [0.5, 0.6) is 0 Å². The van der Waals surface area contributed by atoms with Crippen molar-refractivity contribution >= 4 is 11.3 Å². The molecule has 0 unspecified atom stereocenters. The van der Waals surface area contributed by atoms with Crippen molar-refractivity contribution < 1.29 is 0 Å². The summed E-state index contributed by atoms with van der Waals surface area (Å²) in [7, 11) is 3.95. The van der Waals surface area contributed by atoms with E-state index in [0.29, 0.717) is 0 Å². The highest BCUT2D eigenvalue weighted by atomic mass is 32.1. The molecule has 0 aliphatic rings. The van der Waals surface area contributed by atoms with Crippen molar-refractivity contribution in [2.24, 2.45) is 7.05 Å². The number of thiophene rings is 1. The molecule has 2 aromatic heterocycles. The number of aryl methyl sites for hydroxylation is 2. The second kappa shape index (κ2) is 4.80. The van der Waals surface area contributed by atoms with Gasteiger partial charge in [0.25, 0.3) is 0 Å². The Morgan fingerprint density at radius 2 is 2.31 bits per heavy atom. The van der Waals surface area contributed by atoms with Crippen molar-refractivity contribution in [3.63, 3.8) is 0 Å². The summed E-state index contributed by atoms with van der Waals surface area (Å²) < 4.78 is 1.89. The first-order valence-electron chi connectivity index (χ1n) is 5.49. The molecule has 4 heteroatoms. The SMILES string of the molecule is CCc1nn(C)cc1-c1cc(CNC)cs1. The van der Waals surface area contributed by atoms with Gasteiger partial charge in [0.1, 0.15) is 0 Å². The minimum absolute atomic E-state index is 0.929. The molecule has 0 atom stereocenters. The van der Waals surface area contributed by atoms with Crippen LogP contribution in [-0.4, -0.2) is 16.8 Å². The van der Waals surface area contributed by atoms with Gasteiger partial charge in [0, 0.05) is 30.2 Å². The third kappa shape index (κ3) is 2.18. The molecular formula is C12H17N3S. The van der Waals surface area contributed by atoms with Gasteiger partial charge in [-0.15, -0.1) is 11.3 Å². The van der Waals surface area contributed by atoms with Crippen LogP contribution in [0.15, 0.2) is 17.6 Å². The molecule has 0 saturated heterocycles. The van der Waals surface area contributed by atoms with Crippen molar-refractivity contribution in [2.75, 3.05) is 7.05 Å². The van der Waals surface area contributed by atoms with Gasteiger partial charge in [0.15, 0.2) is 0 Å². The maximum Gasteiger partial charge on any atom is 0.0708 e. The molecule has 2 rings (SSSR count). The first kappa shape index (κ1) is 11.4. The first-order chi connectivity index (χ1) is 7.74. The average Bonchev–Trinajstić information content (AvgIpc) is 2.85. The van der Waals surface area contributed by atoms with Gasteiger partial charge in [-0.1, -0.05) is 6.92 Å². The van der Waals surface area contributed by atoms with Crippen LogP contribution in [0, 0.1) is 0 Å². The molecule has 0 amide bonds.